The zero-order valence-electron chi connectivity index (χ0n) is 23.1. The van der Waals surface area contributed by atoms with Gasteiger partial charge in [-0.25, -0.2) is 8.42 Å². The number of carbonyl (C=O) groups excluding carboxylic acids is 2. The molecule has 39 heavy (non-hydrogen) atoms. The van der Waals surface area contributed by atoms with Crippen LogP contribution in [0.1, 0.15) is 83.5 Å². The van der Waals surface area contributed by atoms with E-state index in [2.05, 4.69) is 24.1 Å². The van der Waals surface area contributed by atoms with Crippen molar-refractivity contribution in [2.45, 2.75) is 70.2 Å². The Bertz CT molecular complexity index is 1300. The minimum Gasteiger partial charge on any atom is -0.339 e. The van der Waals surface area contributed by atoms with E-state index >= 15 is 0 Å². The first kappa shape index (κ1) is 28.3. The van der Waals surface area contributed by atoms with E-state index in [1.54, 1.807) is 16.4 Å². The largest absolute Gasteiger partial charge is 0.339 e. The first-order chi connectivity index (χ1) is 18.8. The quantitative estimate of drug-likeness (QED) is 0.514. The molecule has 3 aliphatic rings. The number of rotatable bonds is 7. The lowest BCUT2D eigenvalue weighted by Gasteiger charge is -2.30. The van der Waals surface area contributed by atoms with Gasteiger partial charge in [0, 0.05) is 49.7 Å². The van der Waals surface area contributed by atoms with Gasteiger partial charge in [0.05, 0.1) is 10.5 Å². The molecule has 1 atom stereocenters. The molecule has 1 unspecified atom stereocenters. The average molecular weight is 573 g/mol. The van der Waals surface area contributed by atoms with E-state index in [-0.39, 0.29) is 16.7 Å². The maximum atomic E-state index is 13.7. The summed E-state index contributed by atoms with van der Waals surface area (Å²) in [6.07, 6.45) is 6.94. The third-order valence-corrected chi connectivity index (χ3v) is 11.1. The predicted molar refractivity (Wildman–Crippen MR) is 155 cm³/mol. The molecule has 2 amide bonds. The van der Waals surface area contributed by atoms with Crippen molar-refractivity contribution in [2.24, 2.45) is 5.92 Å². The number of likely N-dealkylation sites (tertiary alicyclic amines) is 1. The van der Waals surface area contributed by atoms with Gasteiger partial charge in [0.25, 0.3) is 11.8 Å². The number of hydrogen-bond acceptors (Lipinski definition) is 6. The highest BCUT2D eigenvalue weighted by Gasteiger charge is 2.32. The maximum Gasteiger partial charge on any atom is 0.257 e. The number of thiophene rings is 1. The van der Waals surface area contributed by atoms with Gasteiger partial charge in [0.2, 0.25) is 10.0 Å². The summed E-state index contributed by atoms with van der Waals surface area (Å²) in [6.45, 7) is 9.53. The number of nitrogens with zero attached hydrogens (tertiary/aromatic N) is 3. The third-order valence-electron chi connectivity index (χ3n) is 8.13. The fraction of sp³-hybridized carbons (Fsp3) is 0.586. The summed E-state index contributed by atoms with van der Waals surface area (Å²) in [5.41, 5.74) is 2.10. The minimum absolute atomic E-state index is 0.0173. The first-order valence-electron chi connectivity index (χ1n) is 14.4. The van der Waals surface area contributed by atoms with Crippen molar-refractivity contribution >= 4 is 38.2 Å². The number of amides is 2. The van der Waals surface area contributed by atoms with Crippen LogP contribution in [0.4, 0.5) is 5.00 Å². The normalized spacial score (nSPS) is 21.0. The molecular weight excluding hydrogens is 532 g/mol. The van der Waals surface area contributed by atoms with Gasteiger partial charge in [-0.2, -0.15) is 4.31 Å². The van der Waals surface area contributed by atoms with Crippen LogP contribution in [0.15, 0.2) is 29.2 Å². The van der Waals surface area contributed by atoms with Crippen LogP contribution in [0.5, 0.6) is 0 Å². The van der Waals surface area contributed by atoms with Gasteiger partial charge in [-0.05, 0) is 87.2 Å². The second-order valence-corrected chi connectivity index (χ2v) is 14.2. The highest BCUT2D eigenvalue weighted by atomic mass is 32.2. The Hall–Kier alpha value is -2.27. The second-order valence-electron chi connectivity index (χ2n) is 11.2. The summed E-state index contributed by atoms with van der Waals surface area (Å²) < 4.78 is 27.8. The van der Waals surface area contributed by atoms with Crippen molar-refractivity contribution in [3.63, 3.8) is 0 Å². The Labute approximate surface area is 236 Å². The molecule has 0 aliphatic carbocycles. The molecule has 2 fully saturated rings. The molecule has 212 valence electrons. The number of fused-ring (bicyclic) bond motifs is 1. The molecule has 0 saturated carbocycles. The Morgan fingerprint density at radius 1 is 1.03 bits per heavy atom. The maximum absolute atomic E-state index is 13.7. The van der Waals surface area contributed by atoms with Gasteiger partial charge in [-0.1, -0.05) is 13.8 Å². The summed E-state index contributed by atoms with van der Waals surface area (Å²) in [5, 5.41) is 3.64. The molecular formula is C29H40N4O4S2. The molecule has 1 aromatic heterocycles. The van der Waals surface area contributed by atoms with Gasteiger partial charge in [0.1, 0.15) is 5.00 Å². The van der Waals surface area contributed by atoms with Crippen LogP contribution in [0.25, 0.3) is 0 Å². The fourth-order valence-electron chi connectivity index (χ4n) is 6.00. The molecule has 2 aromatic rings. The van der Waals surface area contributed by atoms with Gasteiger partial charge >= 0.3 is 0 Å². The molecule has 8 nitrogen and oxygen atoms in total. The van der Waals surface area contributed by atoms with E-state index in [0.717, 1.165) is 88.1 Å². The Kier molecular flexibility index (Phi) is 8.75. The zero-order chi connectivity index (χ0) is 27.6. The van der Waals surface area contributed by atoms with Crippen LogP contribution in [0.3, 0.4) is 0 Å². The number of anilines is 1. The third kappa shape index (κ3) is 6.09. The molecule has 2 saturated heterocycles. The number of piperidine rings is 2. The Morgan fingerprint density at radius 2 is 1.77 bits per heavy atom. The number of benzene rings is 1. The smallest absolute Gasteiger partial charge is 0.257 e. The van der Waals surface area contributed by atoms with Crippen LogP contribution in [-0.4, -0.2) is 73.6 Å². The van der Waals surface area contributed by atoms with Gasteiger partial charge in [0.15, 0.2) is 0 Å². The summed E-state index contributed by atoms with van der Waals surface area (Å²) in [5.74, 6) is 0.0250. The number of nitrogens with one attached hydrogen (secondary N) is 1. The number of sulfonamides is 1. The van der Waals surface area contributed by atoms with Crippen molar-refractivity contribution in [1.82, 2.24) is 14.1 Å². The number of carbonyl (C=O) groups is 2. The lowest BCUT2D eigenvalue weighted by Crippen LogP contribution is -2.39. The van der Waals surface area contributed by atoms with Crippen LogP contribution in [0.2, 0.25) is 0 Å². The molecule has 10 heteroatoms. The zero-order valence-corrected chi connectivity index (χ0v) is 24.7. The summed E-state index contributed by atoms with van der Waals surface area (Å²) >= 11 is 1.51. The second kappa shape index (κ2) is 12.1. The standard InChI is InChI=1S/C29H40N4O4S2/c1-3-14-31-18-13-24-25(20-31)38-28(26(24)29(35)32-15-5-4-6-16-32)30-27(34)22-9-11-23(12-10-22)39(36,37)33-17-7-8-21(2)19-33/h9-12,21H,3-8,13-20H2,1-2H3,(H,30,34). The average Bonchev–Trinajstić information content (AvgIpc) is 3.30. The highest BCUT2D eigenvalue weighted by Crippen LogP contribution is 2.38. The molecule has 1 N–H and O–H groups in total. The predicted octanol–water partition coefficient (Wildman–Crippen LogP) is 4.82. The number of hydrogen-bond donors (Lipinski definition) is 1. The van der Waals surface area contributed by atoms with E-state index < -0.39 is 10.0 Å². The minimum atomic E-state index is -3.59. The van der Waals surface area contributed by atoms with Crippen molar-refractivity contribution in [2.75, 3.05) is 44.6 Å². The summed E-state index contributed by atoms with van der Waals surface area (Å²) in [6, 6.07) is 6.17. The van der Waals surface area contributed by atoms with Gasteiger partial charge < -0.3 is 10.2 Å². The topological polar surface area (TPSA) is 90.0 Å². The molecule has 0 bridgehead atoms. The molecule has 1 aromatic carbocycles. The first-order valence-corrected chi connectivity index (χ1v) is 16.6. The van der Waals surface area contributed by atoms with Crippen molar-refractivity contribution in [1.29, 1.82) is 0 Å². The summed E-state index contributed by atoms with van der Waals surface area (Å²) in [7, 11) is -3.59. The molecule has 0 radical (unpaired) electrons. The molecule has 0 spiro atoms. The van der Waals surface area contributed by atoms with Crippen LogP contribution >= 0.6 is 11.3 Å². The van der Waals surface area contributed by atoms with Crippen LogP contribution in [-0.2, 0) is 23.0 Å². The van der Waals surface area contributed by atoms with E-state index in [1.165, 1.54) is 23.5 Å². The molecule has 5 rings (SSSR count). The lowest BCUT2D eigenvalue weighted by molar-refractivity contribution is 0.0724. The van der Waals surface area contributed by atoms with E-state index in [4.69, 9.17) is 0 Å². The summed E-state index contributed by atoms with van der Waals surface area (Å²) in [4.78, 5) is 32.8. The monoisotopic (exact) mass is 572 g/mol. The van der Waals surface area contributed by atoms with E-state index in [1.807, 2.05) is 4.90 Å². The molecule has 4 heterocycles. The van der Waals surface area contributed by atoms with Gasteiger partial charge in [-0.15, -0.1) is 11.3 Å². The SMILES string of the molecule is CCCN1CCc2c(sc(NC(=O)c3ccc(S(=O)(=O)N4CCCC(C)C4)cc3)c2C(=O)N2CCCCC2)C1. The van der Waals surface area contributed by atoms with Gasteiger partial charge in [-0.3, -0.25) is 14.5 Å². The van der Waals surface area contributed by atoms with E-state index in [9.17, 15) is 18.0 Å². The van der Waals surface area contributed by atoms with Crippen molar-refractivity contribution in [3.8, 4) is 0 Å². The Balaban J connectivity index is 1.37. The van der Waals surface area contributed by atoms with Crippen molar-refractivity contribution < 1.29 is 18.0 Å². The fourth-order valence-corrected chi connectivity index (χ4v) is 8.88. The highest BCUT2D eigenvalue weighted by molar-refractivity contribution is 7.89. The van der Waals surface area contributed by atoms with E-state index in [0.29, 0.717) is 35.1 Å². The van der Waals surface area contributed by atoms with Crippen LogP contribution < -0.4 is 5.32 Å². The Morgan fingerprint density at radius 3 is 2.46 bits per heavy atom. The molecule has 3 aliphatic heterocycles. The van der Waals surface area contributed by atoms with Crippen LogP contribution in [0, 0.1) is 5.92 Å². The lowest BCUT2D eigenvalue weighted by atomic mass is 10.0. The van der Waals surface area contributed by atoms with Crippen molar-refractivity contribution in [3.05, 3.63) is 45.8 Å².